The Morgan fingerprint density at radius 3 is 1.44 bits per heavy atom. The lowest BCUT2D eigenvalue weighted by Crippen LogP contribution is -2.29. The number of carbonyl (C=O) groups is 4. The number of pyridine rings is 2. The first kappa shape index (κ1) is 22.1. The second-order valence-corrected chi connectivity index (χ2v) is 6.64. The summed E-state index contributed by atoms with van der Waals surface area (Å²) in [5.41, 5.74) is -0.385. The molecule has 0 fully saturated rings. The number of hydrogen-bond donors (Lipinski definition) is 4. The highest BCUT2D eigenvalue weighted by molar-refractivity contribution is 6.11. The molecule has 2 amide bonds. The van der Waals surface area contributed by atoms with Crippen molar-refractivity contribution in [2.45, 2.75) is 13.1 Å². The van der Waals surface area contributed by atoms with E-state index in [1.54, 1.807) is 36.7 Å². The molecule has 0 aliphatic rings. The lowest BCUT2D eigenvalue weighted by molar-refractivity contribution is 0.0687. The summed E-state index contributed by atoms with van der Waals surface area (Å²) in [4.78, 5) is 56.6. The Bertz CT molecular complexity index is 1080. The Balaban J connectivity index is 1.91. The minimum Gasteiger partial charge on any atom is -0.478 e. The molecule has 10 heteroatoms. The molecule has 0 radical (unpaired) electrons. The number of benzene rings is 1. The van der Waals surface area contributed by atoms with Crippen LogP contribution in [0.5, 0.6) is 0 Å². The van der Waals surface area contributed by atoms with Crippen LogP contribution in [-0.4, -0.2) is 43.9 Å². The molecule has 0 unspecified atom stereocenters. The number of nitrogens with zero attached hydrogens (tertiary/aromatic N) is 2. The number of carboxylic acid groups (broad SMARTS) is 2. The van der Waals surface area contributed by atoms with Crippen molar-refractivity contribution in [2.75, 3.05) is 0 Å². The molecule has 10 nitrogen and oxygen atoms in total. The fourth-order valence-electron chi connectivity index (χ4n) is 2.89. The molecule has 32 heavy (non-hydrogen) atoms. The predicted octanol–water partition coefficient (Wildman–Crippen LogP) is 1.73. The maximum absolute atomic E-state index is 12.7. The highest BCUT2D eigenvalue weighted by Gasteiger charge is 2.25. The third kappa shape index (κ3) is 5.30. The van der Waals surface area contributed by atoms with Gasteiger partial charge in [0.15, 0.2) is 0 Å². The summed E-state index contributed by atoms with van der Waals surface area (Å²) >= 11 is 0. The van der Waals surface area contributed by atoms with Crippen molar-refractivity contribution in [3.8, 4) is 0 Å². The van der Waals surface area contributed by atoms with Gasteiger partial charge in [0.25, 0.3) is 11.8 Å². The Morgan fingerprint density at radius 1 is 0.688 bits per heavy atom. The minimum absolute atomic E-state index is 0.0644. The van der Waals surface area contributed by atoms with Crippen LogP contribution in [0.4, 0.5) is 0 Å². The third-order valence-electron chi connectivity index (χ3n) is 4.46. The van der Waals surface area contributed by atoms with Crippen LogP contribution in [0, 0.1) is 0 Å². The molecule has 4 N–H and O–H groups in total. The molecular weight excluding hydrogens is 416 g/mol. The van der Waals surface area contributed by atoms with E-state index in [-0.39, 0.29) is 24.2 Å². The number of carboxylic acids is 2. The van der Waals surface area contributed by atoms with Crippen molar-refractivity contribution in [3.63, 3.8) is 0 Å². The van der Waals surface area contributed by atoms with Crippen LogP contribution in [0.3, 0.4) is 0 Å². The molecule has 0 saturated heterocycles. The molecule has 162 valence electrons. The molecule has 0 bridgehead atoms. The quantitative estimate of drug-likeness (QED) is 0.417. The van der Waals surface area contributed by atoms with Gasteiger partial charge in [0.2, 0.25) is 0 Å². The summed E-state index contributed by atoms with van der Waals surface area (Å²) in [5.74, 6) is -4.54. The highest BCUT2D eigenvalue weighted by Crippen LogP contribution is 2.19. The number of aromatic nitrogens is 2. The van der Waals surface area contributed by atoms with E-state index < -0.39 is 34.9 Å². The van der Waals surface area contributed by atoms with Gasteiger partial charge in [-0.2, -0.15) is 0 Å². The van der Waals surface area contributed by atoms with E-state index in [4.69, 9.17) is 0 Å². The number of amides is 2. The van der Waals surface area contributed by atoms with Crippen LogP contribution in [0.1, 0.15) is 52.6 Å². The Hall–Kier alpha value is -4.60. The Kier molecular flexibility index (Phi) is 6.86. The van der Waals surface area contributed by atoms with Gasteiger partial charge >= 0.3 is 11.9 Å². The van der Waals surface area contributed by atoms with Crippen LogP contribution in [0.15, 0.2) is 61.2 Å². The summed E-state index contributed by atoms with van der Waals surface area (Å²) in [5, 5.41) is 24.1. The largest absolute Gasteiger partial charge is 0.478 e. The van der Waals surface area contributed by atoms with E-state index in [1.165, 1.54) is 12.4 Å². The van der Waals surface area contributed by atoms with Crippen LogP contribution in [0.25, 0.3) is 0 Å². The minimum atomic E-state index is -1.50. The number of hydrogen-bond acceptors (Lipinski definition) is 6. The van der Waals surface area contributed by atoms with Crippen molar-refractivity contribution in [1.29, 1.82) is 0 Å². The molecule has 0 saturated carbocycles. The van der Waals surface area contributed by atoms with Crippen molar-refractivity contribution in [2.24, 2.45) is 0 Å². The Labute approximate surface area is 182 Å². The van der Waals surface area contributed by atoms with Gasteiger partial charge in [0, 0.05) is 37.9 Å². The molecule has 3 aromatic rings. The first-order valence-corrected chi connectivity index (χ1v) is 9.35. The topological polar surface area (TPSA) is 159 Å². The van der Waals surface area contributed by atoms with Gasteiger partial charge in [0.1, 0.15) is 0 Å². The van der Waals surface area contributed by atoms with E-state index in [9.17, 15) is 29.4 Å². The normalized spacial score (nSPS) is 10.2. The zero-order chi connectivity index (χ0) is 23.1. The molecule has 2 heterocycles. The molecule has 0 aliphatic heterocycles. The van der Waals surface area contributed by atoms with Gasteiger partial charge < -0.3 is 20.8 Å². The average molecular weight is 434 g/mol. The zero-order valence-corrected chi connectivity index (χ0v) is 16.6. The van der Waals surface area contributed by atoms with Gasteiger partial charge in [-0.15, -0.1) is 0 Å². The summed E-state index contributed by atoms with van der Waals surface area (Å²) in [6.07, 6.45) is 6.19. The monoisotopic (exact) mass is 434 g/mol. The van der Waals surface area contributed by atoms with Gasteiger partial charge in [-0.05, 0) is 35.4 Å². The SMILES string of the molecule is O=C(O)c1cc(C(=O)O)c(C(=O)NCc2cccnc2)cc1C(=O)NCc1cccnc1. The second kappa shape index (κ2) is 9.94. The molecule has 1 aromatic carbocycles. The van der Waals surface area contributed by atoms with Crippen LogP contribution < -0.4 is 10.6 Å². The molecule has 3 rings (SSSR count). The number of nitrogens with one attached hydrogen (secondary N) is 2. The van der Waals surface area contributed by atoms with Crippen molar-refractivity contribution in [1.82, 2.24) is 20.6 Å². The summed E-state index contributed by atoms with van der Waals surface area (Å²) in [6, 6.07) is 8.58. The number of rotatable bonds is 8. The lowest BCUT2D eigenvalue weighted by atomic mass is 9.96. The number of carbonyl (C=O) groups excluding carboxylic acids is 2. The van der Waals surface area contributed by atoms with E-state index in [2.05, 4.69) is 20.6 Å². The molecule has 2 aromatic heterocycles. The molecule has 0 atom stereocenters. The maximum Gasteiger partial charge on any atom is 0.336 e. The fourth-order valence-corrected chi connectivity index (χ4v) is 2.89. The van der Waals surface area contributed by atoms with Crippen molar-refractivity contribution >= 4 is 23.8 Å². The van der Waals surface area contributed by atoms with Gasteiger partial charge in [-0.25, -0.2) is 9.59 Å². The zero-order valence-electron chi connectivity index (χ0n) is 16.6. The van der Waals surface area contributed by atoms with E-state index >= 15 is 0 Å². The van der Waals surface area contributed by atoms with E-state index in [0.717, 1.165) is 12.1 Å². The number of aromatic carboxylic acids is 2. The van der Waals surface area contributed by atoms with Gasteiger partial charge in [0.05, 0.1) is 22.3 Å². The first-order valence-electron chi connectivity index (χ1n) is 9.35. The first-order chi connectivity index (χ1) is 15.4. The summed E-state index contributed by atoms with van der Waals surface area (Å²) in [7, 11) is 0. The van der Waals surface area contributed by atoms with Crippen LogP contribution in [-0.2, 0) is 13.1 Å². The highest BCUT2D eigenvalue weighted by atomic mass is 16.4. The van der Waals surface area contributed by atoms with Crippen molar-refractivity contribution < 1.29 is 29.4 Å². The second-order valence-electron chi connectivity index (χ2n) is 6.64. The molecule has 0 spiro atoms. The van der Waals surface area contributed by atoms with Crippen molar-refractivity contribution in [3.05, 3.63) is 94.6 Å². The van der Waals surface area contributed by atoms with Crippen LogP contribution >= 0.6 is 0 Å². The Morgan fingerprint density at radius 2 is 1.09 bits per heavy atom. The summed E-state index contributed by atoms with van der Waals surface area (Å²) in [6.45, 7) is 0.129. The standard InChI is InChI=1S/C22H18N4O6/c27-19(25-11-13-3-1-5-23-9-13)15-7-16(18(22(31)32)8-17(15)21(29)30)20(28)26-12-14-4-2-6-24-10-14/h1-10H,11-12H2,(H,25,27)(H,26,28)(H,29,30)(H,31,32). The van der Waals surface area contributed by atoms with E-state index in [1.807, 2.05) is 0 Å². The van der Waals surface area contributed by atoms with Crippen LogP contribution in [0.2, 0.25) is 0 Å². The van der Waals surface area contributed by atoms with E-state index in [0.29, 0.717) is 11.1 Å². The summed E-state index contributed by atoms with van der Waals surface area (Å²) < 4.78 is 0. The fraction of sp³-hybridized carbons (Fsp3) is 0.0909. The maximum atomic E-state index is 12.7. The molecule has 0 aliphatic carbocycles. The average Bonchev–Trinajstić information content (AvgIpc) is 2.81. The van der Waals surface area contributed by atoms with Gasteiger partial charge in [-0.3, -0.25) is 19.6 Å². The predicted molar refractivity (Wildman–Crippen MR) is 111 cm³/mol. The molecular formula is C22H18N4O6. The smallest absolute Gasteiger partial charge is 0.336 e. The van der Waals surface area contributed by atoms with Gasteiger partial charge in [-0.1, -0.05) is 12.1 Å². The third-order valence-corrected chi connectivity index (χ3v) is 4.46. The lowest BCUT2D eigenvalue weighted by Gasteiger charge is -2.13.